The minimum atomic E-state index is -3.62. The van der Waals surface area contributed by atoms with Crippen molar-refractivity contribution in [1.82, 2.24) is 10.0 Å². The molecule has 0 saturated carbocycles. The molecule has 1 amide bonds. The minimum Gasteiger partial charge on any atom is -0.351 e. The molecule has 5 nitrogen and oxygen atoms in total. The molecule has 0 radical (unpaired) electrons. The van der Waals surface area contributed by atoms with Gasteiger partial charge in [-0.1, -0.05) is 12.1 Å². The number of hydrogen-bond acceptors (Lipinski definition) is 4. The summed E-state index contributed by atoms with van der Waals surface area (Å²) in [5.41, 5.74) is 0.667. The van der Waals surface area contributed by atoms with Crippen molar-refractivity contribution in [3.63, 3.8) is 0 Å². The molecule has 2 aromatic rings. The molecule has 0 spiro atoms. The summed E-state index contributed by atoms with van der Waals surface area (Å²) >= 11 is 1.09. The van der Waals surface area contributed by atoms with Gasteiger partial charge in [0.25, 0.3) is 0 Å². The Kier molecular flexibility index (Phi) is 5.28. The lowest BCUT2D eigenvalue weighted by molar-refractivity contribution is -0.119. The van der Waals surface area contributed by atoms with Crippen LogP contribution in [0.5, 0.6) is 0 Å². The van der Waals surface area contributed by atoms with Crippen molar-refractivity contribution >= 4 is 27.3 Å². The van der Waals surface area contributed by atoms with E-state index in [-0.39, 0.29) is 22.5 Å². The lowest BCUT2D eigenvalue weighted by Gasteiger charge is -2.05. The van der Waals surface area contributed by atoms with Crippen molar-refractivity contribution in [3.05, 3.63) is 52.7 Å². The number of halogens is 1. The van der Waals surface area contributed by atoms with Crippen LogP contribution in [0.2, 0.25) is 0 Å². The fourth-order valence-corrected chi connectivity index (χ4v) is 4.02. The SMILES string of the molecule is CC(=O)NCc1ccc(S(=O)(=O)NCc2ccc(F)cc2)s1. The Hall–Kier alpha value is -1.77. The Morgan fingerprint density at radius 1 is 1.14 bits per heavy atom. The first-order valence-corrected chi connectivity index (χ1v) is 8.74. The summed E-state index contributed by atoms with van der Waals surface area (Å²) in [5, 5.41) is 2.61. The molecule has 2 rings (SSSR count). The van der Waals surface area contributed by atoms with Crippen molar-refractivity contribution in [2.45, 2.75) is 24.2 Å². The van der Waals surface area contributed by atoms with Crippen LogP contribution in [-0.4, -0.2) is 14.3 Å². The third kappa shape index (κ3) is 4.62. The lowest BCUT2D eigenvalue weighted by Crippen LogP contribution is -2.22. The molecule has 0 atom stereocenters. The second kappa shape index (κ2) is 6.99. The van der Waals surface area contributed by atoms with Gasteiger partial charge in [0.1, 0.15) is 10.0 Å². The fraction of sp³-hybridized carbons (Fsp3) is 0.214. The Morgan fingerprint density at radius 3 is 2.45 bits per heavy atom. The number of sulfonamides is 1. The third-order valence-electron chi connectivity index (χ3n) is 2.79. The second-order valence-corrected chi connectivity index (χ2v) is 7.74. The van der Waals surface area contributed by atoms with E-state index in [9.17, 15) is 17.6 Å². The summed E-state index contributed by atoms with van der Waals surface area (Å²) in [6.45, 7) is 1.78. The molecule has 1 heterocycles. The first-order chi connectivity index (χ1) is 10.4. The smallest absolute Gasteiger partial charge is 0.250 e. The summed E-state index contributed by atoms with van der Waals surface area (Å²) in [4.78, 5) is 11.6. The molecular formula is C14H15FN2O3S2. The van der Waals surface area contributed by atoms with Gasteiger partial charge >= 0.3 is 0 Å². The third-order valence-corrected chi connectivity index (χ3v) is 5.77. The molecule has 8 heteroatoms. The summed E-state index contributed by atoms with van der Waals surface area (Å²) in [5.74, 6) is -0.542. The molecule has 22 heavy (non-hydrogen) atoms. The largest absolute Gasteiger partial charge is 0.351 e. The predicted molar refractivity (Wildman–Crippen MR) is 82.3 cm³/mol. The number of rotatable bonds is 6. The van der Waals surface area contributed by atoms with Crippen LogP contribution in [0.15, 0.2) is 40.6 Å². The van der Waals surface area contributed by atoms with Gasteiger partial charge in [-0.25, -0.2) is 17.5 Å². The Labute approximate surface area is 132 Å². The number of benzene rings is 1. The van der Waals surface area contributed by atoms with Crippen LogP contribution < -0.4 is 10.0 Å². The second-order valence-electron chi connectivity index (χ2n) is 4.58. The molecule has 1 aromatic carbocycles. The summed E-state index contributed by atoms with van der Waals surface area (Å²) in [7, 11) is -3.62. The van der Waals surface area contributed by atoms with Gasteiger partial charge in [0.15, 0.2) is 0 Å². The zero-order chi connectivity index (χ0) is 16.2. The first kappa shape index (κ1) is 16.6. The maximum absolute atomic E-state index is 12.8. The van der Waals surface area contributed by atoms with Crippen LogP contribution in [0.4, 0.5) is 4.39 Å². The van der Waals surface area contributed by atoms with E-state index >= 15 is 0 Å². The summed E-state index contributed by atoms with van der Waals surface area (Å²) in [6.07, 6.45) is 0. The van der Waals surface area contributed by atoms with Crippen LogP contribution in [0, 0.1) is 5.82 Å². The van der Waals surface area contributed by atoms with Crippen molar-refractivity contribution < 1.29 is 17.6 Å². The topological polar surface area (TPSA) is 75.3 Å². The van der Waals surface area contributed by atoms with Crippen LogP contribution in [-0.2, 0) is 27.9 Å². The van der Waals surface area contributed by atoms with E-state index in [1.165, 1.54) is 37.3 Å². The van der Waals surface area contributed by atoms with Crippen LogP contribution in [0.1, 0.15) is 17.4 Å². The average Bonchev–Trinajstić information content (AvgIpc) is 2.94. The van der Waals surface area contributed by atoms with E-state index in [4.69, 9.17) is 0 Å². The number of thiophene rings is 1. The van der Waals surface area contributed by atoms with E-state index in [1.807, 2.05) is 0 Å². The average molecular weight is 342 g/mol. The van der Waals surface area contributed by atoms with Crippen LogP contribution in [0.3, 0.4) is 0 Å². The molecule has 0 aliphatic carbocycles. The number of amides is 1. The molecule has 0 aliphatic heterocycles. The van der Waals surface area contributed by atoms with E-state index in [2.05, 4.69) is 10.0 Å². The van der Waals surface area contributed by atoms with Gasteiger partial charge in [-0.3, -0.25) is 4.79 Å². The Balaban J connectivity index is 2.00. The number of carbonyl (C=O) groups is 1. The molecular weight excluding hydrogens is 327 g/mol. The van der Waals surface area contributed by atoms with Gasteiger partial charge in [-0.05, 0) is 29.8 Å². The van der Waals surface area contributed by atoms with Crippen LogP contribution in [0.25, 0.3) is 0 Å². The molecule has 118 valence electrons. The Bertz CT molecular complexity index is 755. The summed E-state index contributed by atoms with van der Waals surface area (Å²) < 4.78 is 39.8. The maximum Gasteiger partial charge on any atom is 0.250 e. The Morgan fingerprint density at radius 2 is 1.82 bits per heavy atom. The van der Waals surface area contributed by atoms with E-state index in [1.54, 1.807) is 6.07 Å². The number of carbonyl (C=O) groups excluding carboxylic acids is 1. The highest BCUT2D eigenvalue weighted by atomic mass is 32.2. The van der Waals surface area contributed by atoms with Gasteiger partial charge in [0, 0.05) is 18.3 Å². The fourth-order valence-electron chi connectivity index (χ4n) is 1.66. The summed E-state index contributed by atoms with van der Waals surface area (Å²) in [6, 6.07) is 8.76. The van der Waals surface area contributed by atoms with Gasteiger partial charge in [0.05, 0.1) is 6.54 Å². The molecule has 1 aromatic heterocycles. The van der Waals surface area contributed by atoms with Gasteiger partial charge in [-0.15, -0.1) is 11.3 Å². The van der Waals surface area contributed by atoms with Gasteiger partial charge in [-0.2, -0.15) is 0 Å². The maximum atomic E-state index is 12.8. The normalized spacial score (nSPS) is 11.4. The molecule has 0 bridgehead atoms. The number of nitrogens with one attached hydrogen (secondary N) is 2. The lowest BCUT2D eigenvalue weighted by atomic mass is 10.2. The first-order valence-electron chi connectivity index (χ1n) is 6.44. The molecule has 2 N–H and O–H groups in total. The van der Waals surface area contributed by atoms with Gasteiger partial charge in [0.2, 0.25) is 15.9 Å². The molecule has 0 aliphatic rings. The monoisotopic (exact) mass is 342 g/mol. The van der Waals surface area contributed by atoms with Crippen LogP contribution >= 0.6 is 11.3 Å². The standard InChI is InChI=1S/C14H15FN2O3S2/c1-10(18)16-9-13-6-7-14(21-13)22(19,20)17-8-11-2-4-12(15)5-3-11/h2-7,17H,8-9H2,1H3,(H,16,18). The minimum absolute atomic E-state index is 0.0849. The highest BCUT2D eigenvalue weighted by Gasteiger charge is 2.16. The predicted octanol–water partition coefficient (Wildman–Crippen LogP) is 2.00. The van der Waals surface area contributed by atoms with E-state index < -0.39 is 10.0 Å². The zero-order valence-electron chi connectivity index (χ0n) is 11.8. The van der Waals surface area contributed by atoms with Crippen molar-refractivity contribution in [3.8, 4) is 0 Å². The van der Waals surface area contributed by atoms with Crippen molar-refractivity contribution in [2.24, 2.45) is 0 Å². The zero-order valence-corrected chi connectivity index (χ0v) is 13.4. The van der Waals surface area contributed by atoms with Crippen molar-refractivity contribution in [1.29, 1.82) is 0 Å². The molecule has 0 saturated heterocycles. The molecule has 0 unspecified atom stereocenters. The van der Waals surface area contributed by atoms with E-state index in [0.29, 0.717) is 12.1 Å². The quantitative estimate of drug-likeness (QED) is 0.843. The van der Waals surface area contributed by atoms with Gasteiger partial charge < -0.3 is 5.32 Å². The van der Waals surface area contributed by atoms with E-state index in [0.717, 1.165) is 16.2 Å². The highest BCUT2D eigenvalue weighted by Crippen LogP contribution is 2.21. The molecule has 0 fully saturated rings. The highest BCUT2D eigenvalue weighted by molar-refractivity contribution is 7.91. The number of hydrogen-bond donors (Lipinski definition) is 2. The van der Waals surface area contributed by atoms with Crippen molar-refractivity contribution in [2.75, 3.05) is 0 Å².